The molecule has 0 fully saturated rings. The molecular formula is C14H15N5. The summed E-state index contributed by atoms with van der Waals surface area (Å²) in [5.41, 5.74) is 3.24. The first kappa shape index (κ1) is 11.6. The zero-order valence-electron chi connectivity index (χ0n) is 11.0. The number of nitrogens with zero attached hydrogens (tertiary/aromatic N) is 4. The molecule has 96 valence electrons. The van der Waals surface area contributed by atoms with Gasteiger partial charge in [-0.25, -0.2) is 4.98 Å². The summed E-state index contributed by atoms with van der Waals surface area (Å²) in [5.74, 6) is 1.65. The maximum atomic E-state index is 4.42. The second-order valence-corrected chi connectivity index (χ2v) is 4.38. The Balaban J connectivity index is 1.92. The Kier molecular flexibility index (Phi) is 2.87. The maximum absolute atomic E-state index is 4.42. The van der Waals surface area contributed by atoms with Crippen molar-refractivity contribution in [2.24, 2.45) is 7.05 Å². The summed E-state index contributed by atoms with van der Waals surface area (Å²) in [4.78, 5) is 4.42. The number of aromatic nitrogens is 5. The monoisotopic (exact) mass is 253 g/mol. The van der Waals surface area contributed by atoms with Gasteiger partial charge in [0.15, 0.2) is 5.82 Å². The molecule has 0 saturated carbocycles. The smallest absolute Gasteiger partial charge is 0.181 e. The number of benzene rings is 1. The van der Waals surface area contributed by atoms with Gasteiger partial charge in [-0.05, 0) is 11.6 Å². The number of aromatic amines is 1. The minimum Gasteiger partial charge on any atom is -0.268 e. The number of nitrogens with one attached hydrogen (secondary N) is 1. The molecule has 0 bridgehead atoms. The number of aryl methyl sites for hydroxylation is 2. The van der Waals surface area contributed by atoms with Crippen molar-refractivity contribution in [1.29, 1.82) is 0 Å². The molecule has 0 radical (unpaired) electrons. The van der Waals surface area contributed by atoms with E-state index in [1.165, 1.54) is 0 Å². The van der Waals surface area contributed by atoms with Crippen molar-refractivity contribution in [3.8, 4) is 22.6 Å². The predicted molar refractivity (Wildman–Crippen MR) is 73.4 cm³/mol. The molecule has 19 heavy (non-hydrogen) atoms. The fourth-order valence-corrected chi connectivity index (χ4v) is 2.03. The highest BCUT2D eigenvalue weighted by Crippen LogP contribution is 2.22. The van der Waals surface area contributed by atoms with Crippen LogP contribution in [0.25, 0.3) is 22.6 Å². The van der Waals surface area contributed by atoms with E-state index in [1.807, 2.05) is 29.9 Å². The average molecular weight is 253 g/mol. The fourth-order valence-electron chi connectivity index (χ4n) is 2.03. The highest BCUT2D eigenvalue weighted by Gasteiger charge is 2.06. The predicted octanol–water partition coefficient (Wildman–Crippen LogP) is 2.43. The third-order valence-electron chi connectivity index (χ3n) is 3.13. The molecule has 0 aliphatic carbocycles. The molecular weight excluding hydrogens is 238 g/mol. The van der Waals surface area contributed by atoms with Gasteiger partial charge in [-0.1, -0.05) is 31.2 Å². The van der Waals surface area contributed by atoms with E-state index >= 15 is 0 Å². The normalized spacial score (nSPS) is 10.8. The van der Waals surface area contributed by atoms with Crippen molar-refractivity contribution in [3.63, 3.8) is 0 Å². The van der Waals surface area contributed by atoms with Crippen LogP contribution in [0.4, 0.5) is 0 Å². The largest absolute Gasteiger partial charge is 0.268 e. The van der Waals surface area contributed by atoms with E-state index in [0.717, 1.165) is 34.9 Å². The number of H-pyrrole nitrogens is 1. The summed E-state index contributed by atoms with van der Waals surface area (Å²) in [6, 6.07) is 10.2. The molecule has 0 atom stereocenters. The van der Waals surface area contributed by atoms with Crippen LogP contribution in [-0.4, -0.2) is 25.0 Å². The Morgan fingerprint density at radius 1 is 1.11 bits per heavy atom. The first-order valence-electron chi connectivity index (χ1n) is 6.28. The van der Waals surface area contributed by atoms with Gasteiger partial charge in [0.1, 0.15) is 5.82 Å². The molecule has 0 aliphatic heterocycles. The van der Waals surface area contributed by atoms with Gasteiger partial charge in [0.25, 0.3) is 0 Å². The summed E-state index contributed by atoms with van der Waals surface area (Å²) < 4.78 is 1.86. The van der Waals surface area contributed by atoms with Gasteiger partial charge in [0.05, 0.1) is 5.69 Å². The van der Waals surface area contributed by atoms with Crippen LogP contribution in [0.3, 0.4) is 0 Å². The molecule has 1 aromatic carbocycles. The maximum Gasteiger partial charge on any atom is 0.181 e. The van der Waals surface area contributed by atoms with Crippen LogP contribution in [-0.2, 0) is 13.5 Å². The number of hydrogen-bond donors (Lipinski definition) is 1. The summed E-state index contributed by atoms with van der Waals surface area (Å²) in [6.07, 6.45) is 2.66. The van der Waals surface area contributed by atoms with E-state index in [4.69, 9.17) is 0 Å². The van der Waals surface area contributed by atoms with E-state index in [9.17, 15) is 0 Å². The molecule has 0 saturated heterocycles. The minimum absolute atomic E-state index is 0.744. The van der Waals surface area contributed by atoms with Gasteiger partial charge in [0.2, 0.25) is 0 Å². The van der Waals surface area contributed by atoms with Crippen LogP contribution in [0.2, 0.25) is 0 Å². The number of rotatable bonds is 3. The molecule has 3 aromatic rings. The molecule has 5 nitrogen and oxygen atoms in total. The van der Waals surface area contributed by atoms with E-state index in [-0.39, 0.29) is 0 Å². The summed E-state index contributed by atoms with van der Waals surface area (Å²) in [7, 11) is 1.94. The van der Waals surface area contributed by atoms with E-state index in [1.54, 1.807) is 6.20 Å². The molecule has 0 spiro atoms. The van der Waals surface area contributed by atoms with Gasteiger partial charge >= 0.3 is 0 Å². The van der Waals surface area contributed by atoms with Crippen LogP contribution in [0.1, 0.15) is 12.7 Å². The molecule has 3 rings (SSSR count). The van der Waals surface area contributed by atoms with E-state index < -0.39 is 0 Å². The molecule has 0 aliphatic rings. The van der Waals surface area contributed by atoms with Crippen molar-refractivity contribution in [2.75, 3.05) is 0 Å². The number of hydrogen-bond acceptors (Lipinski definition) is 3. The molecule has 2 heterocycles. The lowest BCUT2D eigenvalue weighted by molar-refractivity contribution is 0.776. The van der Waals surface area contributed by atoms with Crippen molar-refractivity contribution < 1.29 is 0 Å². The molecule has 5 heteroatoms. The summed E-state index contributed by atoms with van der Waals surface area (Å²) >= 11 is 0. The van der Waals surface area contributed by atoms with Gasteiger partial charge in [-0.15, -0.1) is 0 Å². The van der Waals surface area contributed by atoms with Crippen molar-refractivity contribution in [2.45, 2.75) is 13.3 Å². The van der Waals surface area contributed by atoms with Crippen LogP contribution in [0, 0.1) is 0 Å². The third-order valence-corrected chi connectivity index (χ3v) is 3.13. The van der Waals surface area contributed by atoms with Crippen molar-refractivity contribution in [1.82, 2.24) is 25.0 Å². The third kappa shape index (κ3) is 2.14. The second-order valence-electron chi connectivity index (χ2n) is 4.38. The van der Waals surface area contributed by atoms with Crippen molar-refractivity contribution >= 4 is 0 Å². The standard InChI is InChI=1S/C14H15N5/c1-3-13-16-14(18-17-13)11-6-4-10(5-7-11)12-8-9-15-19(12)2/h4-9H,3H2,1-2H3,(H,16,17,18). The lowest BCUT2D eigenvalue weighted by Crippen LogP contribution is -1.93. The van der Waals surface area contributed by atoms with Crippen molar-refractivity contribution in [3.05, 3.63) is 42.4 Å². The van der Waals surface area contributed by atoms with Gasteiger partial charge in [-0.3, -0.25) is 9.78 Å². The topological polar surface area (TPSA) is 59.4 Å². The van der Waals surface area contributed by atoms with Crippen LogP contribution in [0.5, 0.6) is 0 Å². The Hall–Kier alpha value is -2.43. The van der Waals surface area contributed by atoms with Gasteiger partial charge < -0.3 is 0 Å². The van der Waals surface area contributed by atoms with E-state index in [2.05, 4.69) is 39.3 Å². The first-order valence-corrected chi connectivity index (χ1v) is 6.28. The second kappa shape index (κ2) is 4.68. The molecule has 0 unspecified atom stereocenters. The highest BCUT2D eigenvalue weighted by atomic mass is 15.3. The fraction of sp³-hybridized carbons (Fsp3) is 0.214. The molecule has 2 aromatic heterocycles. The zero-order chi connectivity index (χ0) is 13.2. The first-order chi connectivity index (χ1) is 9.28. The average Bonchev–Trinajstić information content (AvgIpc) is 3.07. The van der Waals surface area contributed by atoms with Crippen LogP contribution in [0.15, 0.2) is 36.5 Å². The van der Waals surface area contributed by atoms with Gasteiger partial charge in [-0.2, -0.15) is 10.2 Å². The SMILES string of the molecule is CCc1nc(-c2ccc(-c3ccnn3C)cc2)n[nH]1. The highest BCUT2D eigenvalue weighted by molar-refractivity contribution is 5.65. The van der Waals surface area contributed by atoms with Crippen LogP contribution >= 0.6 is 0 Å². The minimum atomic E-state index is 0.744. The lowest BCUT2D eigenvalue weighted by Gasteiger charge is -2.02. The Bertz CT molecular complexity index is 678. The molecule has 0 amide bonds. The summed E-state index contributed by atoms with van der Waals surface area (Å²) in [5, 5.41) is 11.3. The zero-order valence-corrected chi connectivity index (χ0v) is 11.0. The molecule has 1 N–H and O–H groups in total. The Morgan fingerprint density at radius 3 is 2.42 bits per heavy atom. The quantitative estimate of drug-likeness (QED) is 0.780. The van der Waals surface area contributed by atoms with Gasteiger partial charge in [0, 0.05) is 25.2 Å². The Labute approximate surface area is 111 Å². The van der Waals surface area contributed by atoms with Crippen LogP contribution < -0.4 is 0 Å². The Morgan fingerprint density at radius 2 is 1.84 bits per heavy atom. The van der Waals surface area contributed by atoms with E-state index in [0.29, 0.717) is 0 Å². The lowest BCUT2D eigenvalue weighted by atomic mass is 10.1. The summed E-state index contributed by atoms with van der Waals surface area (Å²) in [6.45, 7) is 2.05.